The molecule has 3 saturated heterocycles. The summed E-state index contributed by atoms with van der Waals surface area (Å²) in [5, 5.41) is 0. The van der Waals surface area contributed by atoms with E-state index in [1.54, 1.807) is 6.92 Å². The molecule has 7 heteroatoms. The summed E-state index contributed by atoms with van der Waals surface area (Å²) in [7, 11) is 0. The maximum Gasteiger partial charge on any atom is 0.332 e. The predicted octanol–water partition coefficient (Wildman–Crippen LogP) is 3.67. The maximum absolute atomic E-state index is 13.1. The van der Waals surface area contributed by atoms with Crippen LogP contribution in [0.1, 0.15) is 52.4 Å². The van der Waals surface area contributed by atoms with Crippen molar-refractivity contribution in [2.45, 2.75) is 52.4 Å². The molecule has 184 valence electrons. The van der Waals surface area contributed by atoms with Gasteiger partial charge in [0.15, 0.2) is 0 Å². The van der Waals surface area contributed by atoms with Crippen LogP contribution in [0.4, 0.5) is 4.79 Å². The maximum atomic E-state index is 13.1. The minimum absolute atomic E-state index is 0.0204. The number of carbonyl (C=O) groups excluding carboxylic acids is 2. The Morgan fingerprint density at radius 3 is 2.45 bits per heavy atom. The Morgan fingerprint density at radius 2 is 1.76 bits per heavy atom. The number of esters is 1. The van der Waals surface area contributed by atoms with Gasteiger partial charge in [0.05, 0.1) is 13.2 Å². The van der Waals surface area contributed by atoms with E-state index in [0.717, 1.165) is 71.4 Å². The fraction of sp³-hybridized carbons (Fsp3) is 0.769. The van der Waals surface area contributed by atoms with Crippen molar-refractivity contribution < 1.29 is 19.1 Å². The molecule has 0 aromatic heterocycles. The molecule has 0 saturated carbocycles. The summed E-state index contributed by atoms with van der Waals surface area (Å²) in [6.45, 7) is 10.6. The van der Waals surface area contributed by atoms with Crippen molar-refractivity contribution in [3.05, 3.63) is 23.9 Å². The van der Waals surface area contributed by atoms with Crippen LogP contribution in [0, 0.1) is 17.3 Å². The van der Waals surface area contributed by atoms with Crippen molar-refractivity contribution in [3.63, 3.8) is 0 Å². The van der Waals surface area contributed by atoms with Crippen LogP contribution in [0.15, 0.2) is 23.9 Å². The Balaban J connectivity index is 1.17. The second-order valence-corrected chi connectivity index (χ2v) is 10.4. The Bertz CT molecular complexity index is 749. The van der Waals surface area contributed by atoms with Gasteiger partial charge in [0.1, 0.15) is 6.61 Å². The van der Waals surface area contributed by atoms with E-state index in [9.17, 15) is 9.59 Å². The van der Waals surface area contributed by atoms with Crippen LogP contribution in [0.5, 0.6) is 0 Å². The van der Waals surface area contributed by atoms with Gasteiger partial charge in [-0.25, -0.2) is 9.59 Å². The van der Waals surface area contributed by atoms with Gasteiger partial charge in [-0.1, -0.05) is 19.1 Å². The molecule has 33 heavy (non-hydrogen) atoms. The van der Waals surface area contributed by atoms with Gasteiger partial charge in [-0.15, -0.1) is 0 Å². The molecule has 0 aromatic rings. The average Bonchev–Trinajstić information content (AvgIpc) is 3.23. The number of carbonyl (C=O) groups is 2. The summed E-state index contributed by atoms with van der Waals surface area (Å²) in [6, 6.07) is 0.206. The van der Waals surface area contributed by atoms with Gasteiger partial charge in [0.2, 0.25) is 0 Å². The number of urea groups is 1. The SMILES string of the molecule is CCOC(=O)COCC1CCN(C(=O)N2CCC3(CC2)CCN(C2=CC(C)CC=C2)C3)CC1. The third kappa shape index (κ3) is 6.11. The highest BCUT2D eigenvalue weighted by Crippen LogP contribution is 2.42. The third-order valence-corrected chi connectivity index (χ3v) is 7.91. The zero-order valence-corrected chi connectivity index (χ0v) is 20.5. The molecule has 4 aliphatic rings. The first-order valence-corrected chi connectivity index (χ1v) is 12.9. The van der Waals surface area contributed by atoms with Crippen molar-refractivity contribution in [2.24, 2.45) is 17.3 Å². The first kappa shape index (κ1) is 24.1. The Morgan fingerprint density at radius 1 is 1.06 bits per heavy atom. The summed E-state index contributed by atoms with van der Waals surface area (Å²) < 4.78 is 10.4. The molecule has 2 amide bonds. The van der Waals surface area contributed by atoms with Crippen LogP contribution in [-0.2, 0) is 14.3 Å². The summed E-state index contributed by atoms with van der Waals surface area (Å²) in [5.74, 6) is 0.734. The molecule has 0 N–H and O–H groups in total. The van der Waals surface area contributed by atoms with Crippen LogP contribution in [0.25, 0.3) is 0 Å². The van der Waals surface area contributed by atoms with Crippen molar-refractivity contribution in [1.82, 2.24) is 14.7 Å². The van der Waals surface area contributed by atoms with Gasteiger partial charge >= 0.3 is 12.0 Å². The molecule has 3 fully saturated rings. The number of ether oxygens (including phenoxy) is 2. The average molecular weight is 460 g/mol. The van der Waals surface area contributed by atoms with Crippen molar-refractivity contribution >= 4 is 12.0 Å². The van der Waals surface area contributed by atoms with Crippen molar-refractivity contribution in [2.75, 3.05) is 59.1 Å². The van der Waals surface area contributed by atoms with E-state index in [2.05, 4.69) is 35.0 Å². The summed E-state index contributed by atoms with van der Waals surface area (Å²) in [6.07, 6.45) is 13.5. The zero-order valence-electron chi connectivity index (χ0n) is 20.5. The Kier molecular flexibility index (Phi) is 7.99. The normalized spacial score (nSPS) is 25.5. The summed E-state index contributed by atoms with van der Waals surface area (Å²) >= 11 is 0. The highest BCUT2D eigenvalue weighted by molar-refractivity contribution is 5.74. The molecule has 1 spiro atoms. The van der Waals surface area contributed by atoms with Crippen LogP contribution in [-0.4, -0.2) is 85.8 Å². The summed E-state index contributed by atoms with van der Waals surface area (Å²) in [5.41, 5.74) is 1.77. The molecule has 0 bridgehead atoms. The van der Waals surface area contributed by atoms with Crippen molar-refractivity contribution in [3.8, 4) is 0 Å². The lowest BCUT2D eigenvalue weighted by molar-refractivity contribution is -0.149. The van der Waals surface area contributed by atoms with E-state index in [1.165, 1.54) is 12.1 Å². The predicted molar refractivity (Wildman–Crippen MR) is 128 cm³/mol. The number of hydrogen-bond acceptors (Lipinski definition) is 5. The largest absolute Gasteiger partial charge is 0.464 e. The minimum Gasteiger partial charge on any atom is -0.464 e. The number of amides is 2. The fourth-order valence-corrected chi connectivity index (χ4v) is 5.77. The topological polar surface area (TPSA) is 62.3 Å². The highest BCUT2D eigenvalue weighted by Gasteiger charge is 2.42. The van der Waals surface area contributed by atoms with Crippen LogP contribution < -0.4 is 0 Å². The first-order valence-electron chi connectivity index (χ1n) is 12.9. The van der Waals surface area contributed by atoms with Gasteiger partial charge in [-0.05, 0) is 68.8 Å². The standard InChI is InChI=1S/C26H41N3O4/c1-3-33-24(30)19-32-18-22-7-12-27(13-8-22)25(31)28-14-9-26(10-15-28)11-16-29(20-26)23-6-4-5-21(2)17-23/h4,6,17,21-22H,3,5,7-16,18-20H2,1-2H3. The number of likely N-dealkylation sites (tertiary alicyclic amines) is 3. The Hall–Kier alpha value is -2.02. The second-order valence-electron chi connectivity index (χ2n) is 10.4. The van der Waals surface area contributed by atoms with Gasteiger partial charge in [-0.3, -0.25) is 0 Å². The van der Waals surface area contributed by atoms with Gasteiger partial charge < -0.3 is 24.2 Å². The molecular formula is C26H41N3O4. The fourth-order valence-electron chi connectivity index (χ4n) is 5.77. The second kappa shape index (κ2) is 10.9. The van der Waals surface area contributed by atoms with E-state index in [4.69, 9.17) is 9.47 Å². The number of piperidine rings is 2. The quantitative estimate of drug-likeness (QED) is 0.567. The molecular weight excluding hydrogens is 418 g/mol. The van der Waals surface area contributed by atoms with E-state index in [-0.39, 0.29) is 18.6 Å². The van der Waals surface area contributed by atoms with Crippen LogP contribution >= 0.6 is 0 Å². The van der Waals surface area contributed by atoms with Crippen LogP contribution in [0.3, 0.4) is 0 Å². The number of hydrogen-bond donors (Lipinski definition) is 0. The molecule has 3 heterocycles. The van der Waals surface area contributed by atoms with Crippen molar-refractivity contribution in [1.29, 1.82) is 0 Å². The lowest BCUT2D eigenvalue weighted by Crippen LogP contribution is -2.51. The first-order chi connectivity index (χ1) is 16.0. The van der Waals surface area contributed by atoms with E-state index in [0.29, 0.717) is 30.5 Å². The zero-order chi connectivity index (χ0) is 23.3. The lowest BCUT2D eigenvalue weighted by atomic mass is 9.78. The molecule has 1 unspecified atom stereocenters. The minimum atomic E-state index is -0.306. The molecule has 3 aliphatic heterocycles. The van der Waals surface area contributed by atoms with Gasteiger partial charge in [0.25, 0.3) is 0 Å². The number of nitrogens with zero attached hydrogens (tertiary/aromatic N) is 3. The monoisotopic (exact) mass is 459 g/mol. The highest BCUT2D eigenvalue weighted by atomic mass is 16.6. The van der Waals surface area contributed by atoms with Gasteiger partial charge in [-0.2, -0.15) is 0 Å². The van der Waals surface area contributed by atoms with E-state index < -0.39 is 0 Å². The molecule has 0 aromatic carbocycles. The smallest absolute Gasteiger partial charge is 0.332 e. The summed E-state index contributed by atoms with van der Waals surface area (Å²) in [4.78, 5) is 31.2. The van der Waals surface area contributed by atoms with E-state index in [1.807, 2.05) is 4.90 Å². The van der Waals surface area contributed by atoms with E-state index >= 15 is 0 Å². The molecule has 4 rings (SSSR count). The molecule has 1 aliphatic carbocycles. The molecule has 0 radical (unpaired) electrons. The number of rotatable bonds is 6. The third-order valence-electron chi connectivity index (χ3n) is 7.91. The number of allylic oxidation sites excluding steroid dienone is 3. The van der Waals surface area contributed by atoms with Gasteiger partial charge in [0, 0.05) is 45.0 Å². The van der Waals surface area contributed by atoms with Crippen LogP contribution in [0.2, 0.25) is 0 Å². The molecule has 1 atom stereocenters. The Labute approximate surface area is 198 Å². The lowest BCUT2D eigenvalue weighted by Gasteiger charge is -2.42. The molecule has 7 nitrogen and oxygen atoms in total.